The minimum Gasteiger partial charge on any atom is -0.360 e. The molecule has 5 heterocycles. The Hall–Kier alpha value is -2.08. The molecule has 3 aromatic heterocycles. The van der Waals surface area contributed by atoms with E-state index in [1.165, 1.54) is 27.6 Å². The maximum absolute atomic E-state index is 13.2. The van der Waals surface area contributed by atoms with Gasteiger partial charge in [0, 0.05) is 31.1 Å². The van der Waals surface area contributed by atoms with Gasteiger partial charge < -0.3 is 9.42 Å². The Balaban J connectivity index is 1.43. The molecule has 0 saturated carbocycles. The van der Waals surface area contributed by atoms with E-state index in [0.717, 1.165) is 41.5 Å². The molecule has 5 rings (SSSR count). The normalized spacial score (nSPS) is 18.6. The summed E-state index contributed by atoms with van der Waals surface area (Å²) >= 11 is 1.72. The Labute approximate surface area is 198 Å². The van der Waals surface area contributed by atoms with Crippen molar-refractivity contribution in [1.29, 1.82) is 0 Å². The van der Waals surface area contributed by atoms with Gasteiger partial charge in [-0.1, -0.05) is 5.16 Å². The molecule has 0 amide bonds. The average molecular weight is 491 g/mol. The largest absolute Gasteiger partial charge is 0.360 e. The number of anilines is 1. The van der Waals surface area contributed by atoms with Crippen molar-refractivity contribution >= 4 is 37.4 Å². The molecule has 0 aromatic carbocycles. The van der Waals surface area contributed by atoms with Crippen LogP contribution in [0.4, 0.5) is 5.82 Å². The van der Waals surface area contributed by atoms with Crippen LogP contribution in [0.15, 0.2) is 9.42 Å². The van der Waals surface area contributed by atoms with E-state index in [4.69, 9.17) is 14.5 Å². The lowest BCUT2D eigenvalue weighted by molar-refractivity contribution is 0.322. The van der Waals surface area contributed by atoms with Gasteiger partial charge in [-0.2, -0.15) is 4.31 Å². The topological polar surface area (TPSA) is 95.7 Å². The number of sulfonamides is 1. The highest BCUT2D eigenvalue weighted by Gasteiger charge is 2.34. The molecule has 2 aliphatic rings. The van der Waals surface area contributed by atoms with Gasteiger partial charge in [0.15, 0.2) is 5.76 Å². The lowest BCUT2D eigenvalue weighted by Gasteiger charge is -2.35. The average Bonchev–Trinajstić information content (AvgIpc) is 3.48. The molecule has 178 valence electrons. The fourth-order valence-electron chi connectivity index (χ4n) is 4.82. The molecular formula is C22H30N6O3S2. The zero-order valence-electron chi connectivity index (χ0n) is 19.6. The van der Waals surface area contributed by atoms with Crippen molar-refractivity contribution in [3.05, 3.63) is 27.7 Å². The Bertz CT molecular complexity index is 1270. The molecule has 2 fully saturated rings. The molecule has 2 saturated heterocycles. The number of aryl methyl sites for hydroxylation is 4. The van der Waals surface area contributed by atoms with E-state index in [2.05, 4.69) is 28.8 Å². The number of rotatable bonds is 5. The van der Waals surface area contributed by atoms with Crippen LogP contribution in [0, 0.1) is 27.7 Å². The van der Waals surface area contributed by atoms with E-state index in [1.807, 2.05) is 0 Å². The van der Waals surface area contributed by atoms with Crippen LogP contribution in [0.3, 0.4) is 0 Å². The molecular weight excluding hydrogens is 460 g/mol. The standard InChI is InChI=1S/C22H30N6O3S2/c1-14-17(4)32-22-19(14)21(23-18(24-22)13-26-7-5-6-8-26)27-9-11-28(12-10-27)33(29,30)20-15(2)25-31-16(20)3/h5-13H2,1-4H3. The lowest BCUT2D eigenvalue weighted by Crippen LogP contribution is -2.49. The van der Waals surface area contributed by atoms with E-state index in [0.29, 0.717) is 37.6 Å². The second-order valence-electron chi connectivity index (χ2n) is 8.95. The summed E-state index contributed by atoms with van der Waals surface area (Å²) in [5.41, 5.74) is 1.62. The predicted molar refractivity (Wildman–Crippen MR) is 128 cm³/mol. The van der Waals surface area contributed by atoms with Gasteiger partial charge in [0.05, 0.1) is 11.9 Å². The minimum atomic E-state index is -3.64. The Morgan fingerprint density at radius 3 is 2.30 bits per heavy atom. The van der Waals surface area contributed by atoms with Crippen LogP contribution in [0.5, 0.6) is 0 Å². The van der Waals surface area contributed by atoms with Crippen molar-refractivity contribution < 1.29 is 12.9 Å². The maximum Gasteiger partial charge on any atom is 0.248 e. The molecule has 3 aromatic rings. The number of fused-ring (bicyclic) bond motifs is 1. The number of aromatic nitrogens is 3. The van der Waals surface area contributed by atoms with Crippen molar-refractivity contribution in [2.45, 2.75) is 52.0 Å². The molecule has 2 aliphatic heterocycles. The van der Waals surface area contributed by atoms with Gasteiger partial charge in [0.25, 0.3) is 0 Å². The highest BCUT2D eigenvalue weighted by atomic mass is 32.2. The fourth-order valence-corrected chi connectivity index (χ4v) is 7.58. The molecule has 33 heavy (non-hydrogen) atoms. The van der Waals surface area contributed by atoms with Crippen LogP contribution in [0.25, 0.3) is 10.2 Å². The monoisotopic (exact) mass is 490 g/mol. The fraction of sp³-hybridized carbons (Fsp3) is 0.591. The Kier molecular flexibility index (Phi) is 5.92. The minimum absolute atomic E-state index is 0.192. The first-order chi connectivity index (χ1) is 15.8. The van der Waals surface area contributed by atoms with E-state index < -0.39 is 10.0 Å². The molecule has 0 unspecified atom stereocenters. The number of piperazine rings is 1. The van der Waals surface area contributed by atoms with Gasteiger partial charge >= 0.3 is 0 Å². The number of hydrogen-bond donors (Lipinski definition) is 0. The van der Waals surface area contributed by atoms with Crippen molar-refractivity contribution in [3.8, 4) is 0 Å². The first kappa shape index (κ1) is 22.7. The summed E-state index contributed by atoms with van der Waals surface area (Å²) in [4.78, 5) is 17.0. The van der Waals surface area contributed by atoms with Gasteiger partial charge in [-0.05, 0) is 59.2 Å². The number of likely N-dealkylation sites (tertiary alicyclic amines) is 1. The molecule has 0 aliphatic carbocycles. The van der Waals surface area contributed by atoms with E-state index in [-0.39, 0.29) is 4.90 Å². The van der Waals surface area contributed by atoms with Crippen LogP contribution >= 0.6 is 11.3 Å². The summed E-state index contributed by atoms with van der Waals surface area (Å²) in [6.45, 7) is 12.4. The quantitative estimate of drug-likeness (QED) is 0.539. The first-order valence-electron chi connectivity index (χ1n) is 11.4. The van der Waals surface area contributed by atoms with Crippen molar-refractivity contribution in [3.63, 3.8) is 0 Å². The van der Waals surface area contributed by atoms with E-state index >= 15 is 0 Å². The molecule has 0 spiro atoms. The zero-order chi connectivity index (χ0) is 23.3. The van der Waals surface area contributed by atoms with E-state index in [9.17, 15) is 8.42 Å². The second kappa shape index (κ2) is 8.61. The third kappa shape index (κ3) is 4.05. The third-order valence-corrected chi connectivity index (χ3v) is 9.97. The Morgan fingerprint density at radius 2 is 1.67 bits per heavy atom. The summed E-state index contributed by atoms with van der Waals surface area (Å²) in [5, 5.41) is 4.93. The number of nitrogens with zero attached hydrogens (tertiary/aromatic N) is 6. The molecule has 0 radical (unpaired) electrons. The third-order valence-electron chi connectivity index (χ3n) is 6.72. The molecule has 0 N–H and O–H groups in total. The lowest BCUT2D eigenvalue weighted by atomic mass is 10.2. The SMILES string of the molecule is Cc1noc(C)c1S(=O)(=O)N1CCN(c2nc(CN3CCCC3)nc3sc(C)c(C)c23)CC1. The molecule has 0 bridgehead atoms. The summed E-state index contributed by atoms with van der Waals surface area (Å²) in [6.07, 6.45) is 2.46. The summed E-state index contributed by atoms with van der Waals surface area (Å²) < 4.78 is 33.1. The molecule has 9 nitrogen and oxygen atoms in total. The van der Waals surface area contributed by atoms with Crippen LogP contribution < -0.4 is 4.90 Å². The van der Waals surface area contributed by atoms with Gasteiger partial charge in [-0.3, -0.25) is 4.90 Å². The van der Waals surface area contributed by atoms with Gasteiger partial charge in [-0.15, -0.1) is 11.3 Å². The maximum atomic E-state index is 13.2. The highest BCUT2D eigenvalue weighted by molar-refractivity contribution is 7.89. The van der Waals surface area contributed by atoms with Crippen LogP contribution in [-0.2, 0) is 16.6 Å². The number of thiophene rings is 1. The number of hydrogen-bond acceptors (Lipinski definition) is 9. The molecule has 0 atom stereocenters. The molecule has 11 heteroatoms. The van der Waals surface area contributed by atoms with Gasteiger partial charge in [0.1, 0.15) is 27.1 Å². The van der Waals surface area contributed by atoms with Gasteiger partial charge in [-0.25, -0.2) is 18.4 Å². The van der Waals surface area contributed by atoms with Crippen molar-refractivity contribution in [1.82, 2.24) is 24.3 Å². The highest BCUT2D eigenvalue weighted by Crippen LogP contribution is 2.36. The van der Waals surface area contributed by atoms with E-state index in [1.54, 1.807) is 25.2 Å². The van der Waals surface area contributed by atoms with Gasteiger partial charge in [0.2, 0.25) is 10.0 Å². The van der Waals surface area contributed by atoms with Crippen molar-refractivity contribution in [2.75, 3.05) is 44.2 Å². The first-order valence-corrected chi connectivity index (χ1v) is 13.7. The zero-order valence-corrected chi connectivity index (χ0v) is 21.2. The summed E-state index contributed by atoms with van der Waals surface area (Å²) in [7, 11) is -3.64. The predicted octanol–water partition coefficient (Wildman–Crippen LogP) is 3.02. The summed E-state index contributed by atoms with van der Waals surface area (Å²) in [6, 6.07) is 0. The smallest absolute Gasteiger partial charge is 0.248 e. The van der Waals surface area contributed by atoms with Crippen LogP contribution in [0.2, 0.25) is 0 Å². The summed E-state index contributed by atoms with van der Waals surface area (Å²) in [5.74, 6) is 2.13. The second-order valence-corrected chi connectivity index (χ2v) is 12.0. The van der Waals surface area contributed by atoms with Crippen molar-refractivity contribution in [2.24, 2.45) is 0 Å². The Morgan fingerprint density at radius 1 is 0.970 bits per heavy atom. The van der Waals surface area contributed by atoms with Crippen LogP contribution in [-0.4, -0.2) is 72.0 Å². The van der Waals surface area contributed by atoms with Crippen LogP contribution in [0.1, 0.15) is 40.6 Å².